The van der Waals surface area contributed by atoms with Gasteiger partial charge in [0.1, 0.15) is 0 Å². The quantitative estimate of drug-likeness (QED) is 0.281. The molecule has 0 saturated heterocycles. The third kappa shape index (κ3) is 3.44. The number of fused-ring (bicyclic) bond motifs is 1. The third-order valence-corrected chi connectivity index (χ3v) is 5.28. The second kappa shape index (κ2) is 7.46. The summed E-state index contributed by atoms with van der Waals surface area (Å²) in [6, 6.07) is 26.4. The summed E-state index contributed by atoms with van der Waals surface area (Å²) in [5.41, 5.74) is 3.92. The van der Waals surface area contributed by atoms with Gasteiger partial charge in [-0.2, -0.15) is 0 Å². The zero-order valence-corrected chi connectivity index (χ0v) is 16.4. The summed E-state index contributed by atoms with van der Waals surface area (Å²) in [5, 5.41) is 1.02. The predicted octanol–water partition coefficient (Wildman–Crippen LogP) is 5.72. The van der Waals surface area contributed by atoms with Crippen LogP contribution in [-0.2, 0) is 13.0 Å². The zero-order chi connectivity index (χ0) is 17.9. The molecule has 0 atom stereocenters. The maximum absolute atomic E-state index is 13.1. The molecule has 4 aromatic rings. The van der Waals surface area contributed by atoms with Crippen LogP contribution in [0.3, 0.4) is 0 Å². The Labute approximate surface area is 166 Å². The molecule has 4 rings (SSSR count). The van der Waals surface area contributed by atoms with Gasteiger partial charge in [-0.1, -0.05) is 60.7 Å². The van der Waals surface area contributed by atoms with Gasteiger partial charge in [0.2, 0.25) is 0 Å². The Morgan fingerprint density at radius 3 is 2.46 bits per heavy atom. The largest absolute Gasteiger partial charge is 0.346 e. The summed E-state index contributed by atoms with van der Waals surface area (Å²) < 4.78 is 3.27. The smallest absolute Gasteiger partial charge is 0.195 e. The number of halogens is 1. The first kappa shape index (κ1) is 17.0. The molecule has 26 heavy (non-hydrogen) atoms. The van der Waals surface area contributed by atoms with Crippen LogP contribution in [0.15, 0.2) is 85.1 Å². The number of rotatable bonds is 5. The number of hydrogen-bond acceptors (Lipinski definition) is 1. The number of carbonyl (C=O) groups is 1. The molecule has 0 aliphatic heterocycles. The van der Waals surface area contributed by atoms with Crippen molar-refractivity contribution in [2.75, 3.05) is 0 Å². The van der Waals surface area contributed by atoms with Crippen molar-refractivity contribution in [2.24, 2.45) is 0 Å². The molecule has 1 heterocycles. The van der Waals surface area contributed by atoms with Crippen molar-refractivity contribution < 1.29 is 4.79 Å². The van der Waals surface area contributed by atoms with Crippen LogP contribution in [-0.4, -0.2) is 10.4 Å². The molecule has 0 N–H and O–H groups in total. The highest BCUT2D eigenvalue weighted by molar-refractivity contribution is 14.1. The maximum atomic E-state index is 13.1. The lowest BCUT2D eigenvalue weighted by atomic mass is 10.0. The van der Waals surface area contributed by atoms with Gasteiger partial charge >= 0.3 is 0 Å². The van der Waals surface area contributed by atoms with Gasteiger partial charge in [-0.05, 0) is 52.8 Å². The first-order valence-corrected chi connectivity index (χ1v) is 9.72. The second-order valence-electron chi connectivity index (χ2n) is 6.33. The molecule has 0 spiro atoms. The number of benzene rings is 3. The van der Waals surface area contributed by atoms with E-state index < -0.39 is 0 Å². The normalized spacial score (nSPS) is 11.0. The predicted molar refractivity (Wildman–Crippen MR) is 115 cm³/mol. The zero-order valence-electron chi connectivity index (χ0n) is 14.2. The number of ketones is 1. The maximum Gasteiger partial charge on any atom is 0.195 e. The average Bonchev–Trinajstić information content (AvgIpc) is 3.05. The van der Waals surface area contributed by atoms with Gasteiger partial charge in [-0.25, -0.2) is 0 Å². The van der Waals surface area contributed by atoms with Crippen molar-refractivity contribution in [2.45, 2.75) is 13.0 Å². The molecule has 3 heteroatoms. The van der Waals surface area contributed by atoms with Crippen LogP contribution >= 0.6 is 22.6 Å². The highest BCUT2D eigenvalue weighted by Gasteiger charge is 2.16. The fourth-order valence-electron chi connectivity index (χ4n) is 3.29. The van der Waals surface area contributed by atoms with Crippen LogP contribution in [0.25, 0.3) is 10.9 Å². The Kier molecular flexibility index (Phi) is 4.89. The Balaban J connectivity index is 1.71. The summed E-state index contributed by atoms with van der Waals surface area (Å²) in [7, 11) is 0. The molecule has 1 aromatic heterocycles. The van der Waals surface area contributed by atoms with E-state index in [1.807, 2.05) is 54.7 Å². The molecule has 0 fully saturated rings. The van der Waals surface area contributed by atoms with E-state index in [-0.39, 0.29) is 5.78 Å². The minimum absolute atomic E-state index is 0.0816. The van der Waals surface area contributed by atoms with Crippen molar-refractivity contribution >= 4 is 39.3 Å². The summed E-state index contributed by atoms with van der Waals surface area (Å²) >= 11 is 2.24. The molecule has 0 amide bonds. The number of aryl methyl sites for hydroxylation is 2. The van der Waals surface area contributed by atoms with Crippen LogP contribution in [0.5, 0.6) is 0 Å². The third-order valence-electron chi connectivity index (χ3n) is 4.60. The van der Waals surface area contributed by atoms with E-state index in [1.54, 1.807) is 0 Å². The van der Waals surface area contributed by atoms with Crippen LogP contribution in [0.4, 0.5) is 0 Å². The highest BCUT2D eigenvalue weighted by atomic mass is 127. The Morgan fingerprint density at radius 1 is 0.885 bits per heavy atom. The molecule has 0 saturated carbocycles. The van der Waals surface area contributed by atoms with Gasteiger partial charge in [-0.15, -0.1) is 0 Å². The number of nitrogens with zero attached hydrogens (tertiary/aromatic N) is 1. The van der Waals surface area contributed by atoms with E-state index in [0.29, 0.717) is 0 Å². The first-order chi connectivity index (χ1) is 12.7. The molecule has 0 aliphatic carbocycles. The first-order valence-electron chi connectivity index (χ1n) is 8.64. The van der Waals surface area contributed by atoms with Gasteiger partial charge in [0.05, 0.1) is 0 Å². The lowest BCUT2D eigenvalue weighted by molar-refractivity contribution is 0.104. The lowest BCUT2D eigenvalue weighted by Gasteiger charge is -2.05. The summed E-state index contributed by atoms with van der Waals surface area (Å²) in [4.78, 5) is 13.1. The number of aromatic nitrogens is 1. The molecule has 128 valence electrons. The number of para-hydroxylation sites is 1. The van der Waals surface area contributed by atoms with Crippen LogP contribution in [0, 0.1) is 3.57 Å². The molecule has 0 aliphatic rings. The van der Waals surface area contributed by atoms with Crippen molar-refractivity contribution in [3.63, 3.8) is 0 Å². The second-order valence-corrected chi connectivity index (χ2v) is 7.57. The molecule has 0 radical (unpaired) electrons. The molecule has 0 unspecified atom stereocenters. The van der Waals surface area contributed by atoms with Gasteiger partial charge in [0, 0.05) is 38.3 Å². The number of hydrogen-bond donors (Lipinski definition) is 0. The van der Waals surface area contributed by atoms with Crippen molar-refractivity contribution in [3.05, 3.63) is 105 Å². The fraction of sp³-hybridized carbons (Fsp3) is 0.0870. The fourth-order valence-corrected chi connectivity index (χ4v) is 3.84. The Morgan fingerprint density at radius 2 is 1.65 bits per heavy atom. The molecule has 0 bridgehead atoms. The van der Waals surface area contributed by atoms with Crippen LogP contribution in [0.1, 0.15) is 21.5 Å². The van der Waals surface area contributed by atoms with Crippen LogP contribution < -0.4 is 0 Å². The highest BCUT2D eigenvalue weighted by Crippen LogP contribution is 2.25. The van der Waals surface area contributed by atoms with E-state index in [9.17, 15) is 4.79 Å². The monoisotopic (exact) mass is 451 g/mol. The van der Waals surface area contributed by atoms with Crippen molar-refractivity contribution in [1.82, 2.24) is 4.57 Å². The number of carbonyl (C=O) groups excluding carboxylic acids is 1. The van der Waals surface area contributed by atoms with E-state index in [4.69, 9.17) is 0 Å². The topological polar surface area (TPSA) is 22.0 Å². The van der Waals surface area contributed by atoms with Crippen molar-refractivity contribution in [1.29, 1.82) is 0 Å². The van der Waals surface area contributed by atoms with Gasteiger partial charge < -0.3 is 4.57 Å². The Bertz CT molecular complexity index is 1070. The lowest BCUT2D eigenvalue weighted by Crippen LogP contribution is -2.02. The van der Waals surface area contributed by atoms with Gasteiger partial charge in [0.25, 0.3) is 0 Å². The Hall–Kier alpha value is -2.40. The van der Waals surface area contributed by atoms with E-state index in [1.165, 1.54) is 5.56 Å². The van der Waals surface area contributed by atoms with Crippen molar-refractivity contribution in [3.8, 4) is 0 Å². The van der Waals surface area contributed by atoms with E-state index >= 15 is 0 Å². The average molecular weight is 451 g/mol. The van der Waals surface area contributed by atoms with E-state index in [0.717, 1.165) is 38.6 Å². The SMILES string of the molecule is O=C(c1cccc(I)c1)c1cn(CCc2ccccc2)c2ccccc12. The minimum Gasteiger partial charge on any atom is -0.346 e. The minimum atomic E-state index is 0.0816. The molecule has 2 nitrogen and oxygen atoms in total. The van der Waals surface area contributed by atoms with E-state index in [2.05, 4.69) is 57.5 Å². The summed E-state index contributed by atoms with van der Waals surface area (Å²) in [5.74, 6) is 0.0816. The molecule has 3 aromatic carbocycles. The van der Waals surface area contributed by atoms with Crippen LogP contribution in [0.2, 0.25) is 0 Å². The van der Waals surface area contributed by atoms with Gasteiger partial charge in [-0.3, -0.25) is 4.79 Å². The summed E-state index contributed by atoms with van der Waals surface area (Å²) in [6.45, 7) is 0.851. The standard InChI is InChI=1S/C23H18INO/c24-19-10-6-9-18(15-19)23(26)21-16-25(22-12-5-4-11-20(21)22)14-13-17-7-2-1-3-8-17/h1-12,15-16H,13-14H2. The summed E-state index contributed by atoms with van der Waals surface area (Å²) in [6.07, 6.45) is 2.95. The molecular weight excluding hydrogens is 433 g/mol. The van der Waals surface area contributed by atoms with Gasteiger partial charge in [0.15, 0.2) is 5.78 Å². The molecular formula is C23H18INO.